The van der Waals surface area contributed by atoms with Crippen molar-refractivity contribution in [1.29, 1.82) is 0 Å². The van der Waals surface area contributed by atoms with Crippen molar-refractivity contribution in [2.24, 2.45) is 33.0 Å². The molecule has 0 radical (unpaired) electrons. The first-order valence-electron chi connectivity index (χ1n) is 41.0. The molecule has 3 saturated carbocycles. The zero-order valence-corrected chi connectivity index (χ0v) is 71.5. The van der Waals surface area contributed by atoms with Gasteiger partial charge in [0.2, 0.25) is 0 Å². The van der Waals surface area contributed by atoms with Crippen LogP contribution in [0.3, 0.4) is 0 Å². The number of aliphatic hydroxyl groups excluding tert-OH is 5. The topological polar surface area (TPSA) is 336 Å². The van der Waals surface area contributed by atoms with Gasteiger partial charge in [-0.05, 0) is 249 Å². The van der Waals surface area contributed by atoms with Crippen molar-refractivity contribution >= 4 is 58.8 Å². The van der Waals surface area contributed by atoms with E-state index in [9.17, 15) is 73.5 Å². The molecule has 5 aliphatic heterocycles. The Balaban J connectivity index is 0.000000224. The average molecular weight is 1600 g/mol. The van der Waals surface area contributed by atoms with E-state index in [4.69, 9.17) is 33.2 Å². The van der Waals surface area contributed by atoms with Gasteiger partial charge >= 0.3 is 29.8 Å². The van der Waals surface area contributed by atoms with Crippen molar-refractivity contribution in [3.8, 4) is 0 Å². The molecule has 0 bridgehead atoms. The van der Waals surface area contributed by atoms with E-state index in [1.807, 2.05) is 84.9 Å². The second-order valence-electron chi connectivity index (χ2n) is 35.1. The van der Waals surface area contributed by atoms with Crippen LogP contribution in [0.4, 0.5) is 0 Å². The van der Waals surface area contributed by atoms with Gasteiger partial charge in [0.15, 0.2) is 11.6 Å². The van der Waals surface area contributed by atoms with Gasteiger partial charge in [0.05, 0.1) is 102 Å². The summed E-state index contributed by atoms with van der Waals surface area (Å²) in [6.45, 7) is 32.6. The van der Waals surface area contributed by atoms with Crippen LogP contribution in [-0.4, -0.2) is 172 Å². The minimum absolute atomic E-state index is 0.0158. The summed E-state index contributed by atoms with van der Waals surface area (Å²) >= 11 is 0. The number of rotatable bonds is 22. The number of Topliss-reactive ketones (excluding diaryl/α,β-unsaturated/α-hetero) is 3. The molecule has 636 valence electrons. The molecular weight excluding hydrogens is 1470 g/mol. The SMILES string of the molecule is CC(C)=CCC/C(C)=C/[C@H]1OC(=O)CC12C[C@H](C)C=CC2=O.CC(C)=CCC/C(C)=C/[C@H]1OC(=O)CC12C[C@H](O)C=CC2=O.CC(C)=CCC/C(C)=C/[C@H]1OC(=O)CC12C[C@H](O)[C@H](O)CC2=O.CO[C@@H]1CC(=O)C2(CC(=O)O[C@@H]2/C=C(\C)CCC=C(C)C)C[C@@H]1O.CO[C@H]1CC(=O)C2(CC(=O)O[C@@H]2/C=C(\C)CCC=C(C)C)C[C@@H]1O. The van der Waals surface area contributed by atoms with E-state index < -0.39 is 106 Å². The van der Waals surface area contributed by atoms with E-state index in [1.165, 1.54) is 59.8 Å². The van der Waals surface area contributed by atoms with Crippen molar-refractivity contribution in [3.63, 3.8) is 0 Å². The Bertz CT molecular complexity index is 3720. The van der Waals surface area contributed by atoms with Crippen LogP contribution < -0.4 is 0 Å². The highest BCUT2D eigenvalue weighted by molar-refractivity contribution is 6.01. The largest absolute Gasteiger partial charge is 0.457 e. The zero-order chi connectivity index (χ0) is 85.7. The van der Waals surface area contributed by atoms with E-state index in [0.29, 0.717) is 12.3 Å². The number of ketones is 5. The fourth-order valence-corrected chi connectivity index (χ4v) is 17.0. The van der Waals surface area contributed by atoms with Crippen molar-refractivity contribution in [3.05, 3.63) is 141 Å². The standard InChI is InChI=1S/2C19H28O5.C19H26O3.C18H26O5.C18H24O4/c2*1-12(2)6-5-7-13(3)8-17-19(11-18(22)24-17)10-14(20)15(23-4)9-16(19)21;1-13(2)6-5-7-14(3)10-17-19(12-18(21)22-17)11-15(4)8-9-16(19)20;1-11(2)5-4-6-12(3)7-16-18(10-17(22)23-16)9-14(20)13(19)8-15(18)21;1-12(2)5-4-6-13(3)9-16-18(11-17(21)22-16)10-14(19)7-8-15(18)20/h2*6,8,14-15,17,20H,5,7,9-11H2,1-4H3;6,8-10,15,17H,5,7,11-12H2,1-4H3;5,7,13-14,16,19-20H,4,6,8-10H2,1-3H3;5,7-9,14,16,19H,4,6,10-11H2,1-3H3/b2*13-8+;14-10+;12-7+;13-9+/t14-,15+,17+,19?;14-,15-,17+,19?;15-,17-,19?;13-,14+,16-,18?;14-,16-,18?/m00111/s1. The van der Waals surface area contributed by atoms with Crippen LogP contribution in [0.1, 0.15) is 258 Å². The summed E-state index contributed by atoms with van der Waals surface area (Å²) in [5, 5.41) is 50.1. The molecule has 5 spiro atoms. The monoisotopic (exact) mass is 1600 g/mol. The number of allylic oxidation sites excluding steroid dienone is 18. The second-order valence-corrected chi connectivity index (χ2v) is 35.1. The summed E-state index contributed by atoms with van der Waals surface area (Å²) in [4.78, 5) is 122. The Labute approximate surface area is 681 Å². The fourth-order valence-electron chi connectivity index (χ4n) is 17.0. The Kier molecular flexibility index (Phi) is 36.1. The van der Waals surface area contributed by atoms with E-state index in [2.05, 4.69) is 92.7 Å². The van der Waals surface area contributed by atoms with Crippen molar-refractivity contribution in [1.82, 2.24) is 0 Å². The number of cyclic esters (lactones) is 5. The minimum atomic E-state index is -1.05. The molecule has 18 atom stereocenters. The quantitative estimate of drug-likeness (QED) is 0.0382. The highest BCUT2D eigenvalue weighted by Gasteiger charge is 2.61. The number of carbonyl (C=O) groups is 10. The molecule has 5 saturated heterocycles. The Morgan fingerprint density at radius 2 is 0.600 bits per heavy atom. The number of ether oxygens (including phenoxy) is 7. The van der Waals surface area contributed by atoms with Gasteiger partial charge in [0.25, 0.3) is 0 Å². The third-order valence-electron chi connectivity index (χ3n) is 23.7. The van der Waals surface area contributed by atoms with Crippen molar-refractivity contribution in [2.75, 3.05) is 14.2 Å². The molecule has 5 heterocycles. The van der Waals surface area contributed by atoms with Crippen LogP contribution in [-0.2, 0) is 81.1 Å². The third-order valence-corrected chi connectivity index (χ3v) is 23.7. The Morgan fingerprint density at radius 1 is 0.348 bits per heavy atom. The average Bonchev–Trinajstić information content (AvgIpc) is 1.67. The van der Waals surface area contributed by atoms with Crippen LogP contribution in [0.15, 0.2) is 141 Å². The molecule has 5 aliphatic carbocycles. The molecule has 10 aliphatic rings. The van der Waals surface area contributed by atoms with Gasteiger partial charge < -0.3 is 58.7 Å². The number of aliphatic hydroxyl groups is 5. The van der Waals surface area contributed by atoms with Gasteiger partial charge in [-0.1, -0.05) is 105 Å². The molecule has 0 amide bonds. The summed E-state index contributed by atoms with van der Waals surface area (Å²) in [5.74, 6) is -1.86. The van der Waals surface area contributed by atoms with E-state index >= 15 is 0 Å². The van der Waals surface area contributed by atoms with Gasteiger partial charge in [0, 0.05) is 33.5 Å². The number of hydrogen-bond donors (Lipinski definition) is 5. The Hall–Kier alpha value is -7.70. The molecule has 8 fully saturated rings. The van der Waals surface area contributed by atoms with Gasteiger partial charge in [-0.15, -0.1) is 0 Å². The van der Waals surface area contributed by atoms with Crippen molar-refractivity contribution in [2.45, 2.75) is 332 Å². The van der Waals surface area contributed by atoms with E-state index in [0.717, 1.165) is 86.5 Å². The Morgan fingerprint density at radius 3 is 0.887 bits per heavy atom. The summed E-state index contributed by atoms with van der Waals surface area (Å²) < 4.78 is 37.5. The summed E-state index contributed by atoms with van der Waals surface area (Å²) in [5.41, 5.74) is 7.34. The van der Waals surface area contributed by atoms with Crippen LogP contribution in [0.2, 0.25) is 0 Å². The number of carbonyl (C=O) groups excluding carboxylic acids is 10. The first kappa shape index (κ1) is 96.1. The highest BCUT2D eigenvalue weighted by Crippen LogP contribution is 2.52. The van der Waals surface area contributed by atoms with Gasteiger partial charge in [-0.2, -0.15) is 0 Å². The summed E-state index contributed by atoms with van der Waals surface area (Å²) in [6, 6.07) is 0. The highest BCUT2D eigenvalue weighted by atomic mass is 16.6. The first-order valence-corrected chi connectivity index (χ1v) is 41.0. The van der Waals surface area contributed by atoms with Crippen LogP contribution in [0.5, 0.6) is 0 Å². The zero-order valence-electron chi connectivity index (χ0n) is 71.5. The molecule has 0 aromatic heterocycles. The maximum absolute atomic E-state index is 12.7. The van der Waals surface area contributed by atoms with E-state index in [-0.39, 0.29) is 130 Å². The molecule has 22 nitrogen and oxygen atoms in total. The first-order chi connectivity index (χ1) is 54.0. The maximum atomic E-state index is 12.7. The molecular formula is C93H132O22. The van der Waals surface area contributed by atoms with E-state index in [1.54, 1.807) is 6.08 Å². The lowest BCUT2D eigenvalue weighted by molar-refractivity contribution is -0.149. The lowest BCUT2D eigenvalue weighted by Crippen LogP contribution is -2.51. The molecule has 5 N–H and O–H groups in total. The summed E-state index contributed by atoms with van der Waals surface area (Å²) in [6.07, 6.45) is 29.5. The predicted octanol–water partition coefficient (Wildman–Crippen LogP) is 14.5. The molecule has 0 aromatic rings. The lowest BCUT2D eigenvalue weighted by Gasteiger charge is -2.39. The summed E-state index contributed by atoms with van der Waals surface area (Å²) in [7, 11) is 2.97. The minimum Gasteiger partial charge on any atom is -0.457 e. The number of esters is 5. The molecule has 115 heavy (non-hydrogen) atoms. The number of hydrogen-bond acceptors (Lipinski definition) is 22. The second kappa shape index (κ2) is 43.1. The molecule has 10 rings (SSSR count). The van der Waals surface area contributed by atoms with Gasteiger partial charge in [-0.3, -0.25) is 47.9 Å². The van der Waals surface area contributed by atoms with Crippen LogP contribution in [0, 0.1) is 33.0 Å². The van der Waals surface area contributed by atoms with Crippen LogP contribution in [0.25, 0.3) is 0 Å². The van der Waals surface area contributed by atoms with Crippen molar-refractivity contribution < 1.29 is 107 Å². The predicted molar refractivity (Wildman–Crippen MR) is 438 cm³/mol. The van der Waals surface area contributed by atoms with Gasteiger partial charge in [-0.25, -0.2) is 0 Å². The fraction of sp³-hybridized carbons (Fsp3) is 0.634. The smallest absolute Gasteiger partial charge is 0.307 e. The molecule has 22 heteroatoms. The molecule has 5 unspecified atom stereocenters. The third kappa shape index (κ3) is 26.1. The van der Waals surface area contributed by atoms with Crippen LogP contribution >= 0.6 is 0 Å². The lowest BCUT2D eigenvalue weighted by atomic mass is 9.66. The maximum Gasteiger partial charge on any atom is 0.307 e. The van der Waals surface area contributed by atoms with Gasteiger partial charge in [0.1, 0.15) is 47.9 Å². The molecule has 0 aromatic carbocycles. The number of methoxy groups -OCH3 is 2. The normalized spacial score (nSPS) is 33.1.